The van der Waals surface area contributed by atoms with E-state index in [1.165, 1.54) is 44.3 Å². The third-order valence-electron chi connectivity index (χ3n) is 3.93. The highest BCUT2D eigenvalue weighted by molar-refractivity contribution is 5.20. The topological polar surface area (TPSA) is 16.1 Å². The van der Waals surface area contributed by atoms with E-state index in [0.29, 0.717) is 0 Å². The molecule has 0 unspecified atom stereocenters. The number of likely N-dealkylation sites (tertiary alicyclic amines) is 1. The molecule has 1 saturated carbocycles. The van der Waals surface area contributed by atoms with Crippen LogP contribution in [0.1, 0.15) is 37.2 Å². The Kier molecular flexibility index (Phi) is 2.45. The lowest BCUT2D eigenvalue weighted by Gasteiger charge is -2.43. The number of aromatic nitrogens is 1. The third-order valence-corrected chi connectivity index (χ3v) is 3.93. The van der Waals surface area contributed by atoms with Gasteiger partial charge < -0.3 is 0 Å². The summed E-state index contributed by atoms with van der Waals surface area (Å²) in [5.74, 6) is 0.772. The lowest BCUT2D eigenvalue weighted by molar-refractivity contribution is 0.0942. The Morgan fingerprint density at radius 2 is 1.73 bits per heavy atom. The molecule has 2 aliphatic rings. The van der Waals surface area contributed by atoms with Crippen LogP contribution in [0.4, 0.5) is 0 Å². The first-order chi connectivity index (χ1) is 7.43. The van der Waals surface area contributed by atoms with Gasteiger partial charge in [0.15, 0.2) is 0 Å². The van der Waals surface area contributed by atoms with Gasteiger partial charge >= 0.3 is 0 Å². The number of pyridine rings is 1. The van der Waals surface area contributed by atoms with E-state index in [1.54, 1.807) is 0 Å². The molecule has 1 aromatic heterocycles. The van der Waals surface area contributed by atoms with Gasteiger partial charge in [-0.25, -0.2) is 0 Å². The molecule has 0 atom stereocenters. The fourth-order valence-corrected chi connectivity index (χ4v) is 2.93. The summed E-state index contributed by atoms with van der Waals surface area (Å²) in [6.45, 7) is 2.54. The number of rotatable bonds is 2. The molecule has 2 nitrogen and oxygen atoms in total. The van der Waals surface area contributed by atoms with Gasteiger partial charge in [0.25, 0.3) is 0 Å². The maximum Gasteiger partial charge on any atom is 0.0270 e. The van der Waals surface area contributed by atoms with Gasteiger partial charge in [0.05, 0.1) is 0 Å². The molecule has 0 N–H and O–H groups in total. The van der Waals surface area contributed by atoms with Gasteiger partial charge in [-0.15, -0.1) is 0 Å². The highest BCUT2D eigenvalue weighted by atomic mass is 15.2. The second-order valence-corrected chi connectivity index (χ2v) is 4.87. The van der Waals surface area contributed by atoms with Gasteiger partial charge in [-0.05, 0) is 30.5 Å². The van der Waals surface area contributed by atoms with Crippen molar-refractivity contribution in [3.05, 3.63) is 30.1 Å². The van der Waals surface area contributed by atoms with Crippen LogP contribution in [-0.2, 0) is 0 Å². The largest absolute Gasteiger partial charge is 0.299 e. The third kappa shape index (κ3) is 1.78. The zero-order valence-electron chi connectivity index (χ0n) is 9.10. The average Bonchev–Trinajstić information content (AvgIpc) is 2.70. The van der Waals surface area contributed by atoms with Crippen molar-refractivity contribution in [2.45, 2.75) is 37.6 Å². The first kappa shape index (κ1) is 9.34. The molecule has 0 spiro atoms. The summed E-state index contributed by atoms with van der Waals surface area (Å²) in [5, 5.41) is 0. The lowest BCUT2D eigenvalue weighted by Crippen LogP contribution is -2.49. The SMILES string of the molecule is c1cc(C2CN(C3CCCC3)C2)ccn1. The Hall–Kier alpha value is -0.890. The smallest absolute Gasteiger partial charge is 0.0270 e. The van der Waals surface area contributed by atoms with Gasteiger partial charge in [-0.2, -0.15) is 0 Å². The van der Waals surface area contributed by atoms with Gasteiger partial charge in [-0.3, -0.25) is 9.88 Å². The van der Waals surface area contributed by atoms with Gasteiger partial charge in [0.1, 0.15) is 0 Å². The van der Waals surface area contributed by atoms with Crippen molar-refractivity contribution >= 4 is 0 Å². The molecule has 1 aliphatic heterocycles. The fraction of sp³-hybridized carbons (Fsp3) is 0.615. The van der Waals surface area contributed by atoms with Crippen molar-refractivity contribution in [1.29, 1.82) is 0 Å². The first-order valence-electron chi connectivity index (χ1n) is 6.07. The zero-order chi connectivity index (χ0) is 10.1. The number of hydrogen-bond donors (Lipinski definition) is 0. The second kappa shape index (κ2) is 3.93. The highest BCUT2D eigenvalue weighted by Gasteiger charge is 2.34. The molecule has 2 heterocycles. The van der Waals surface area contributed by atoms with Crippen LogP contribution in [0, 0.1) is 0 Å². The van der Waals surface area contributed by atoms with Crippen LogP contribution in [0.25, 0.3) is 0 Å². The van der Waals surface area contributed by atoms with Crippen LogP contribution in [0.5, 0.6) is 0 Å². The molecule has 0 amide bonds. The van der Waals surface area contributed by atoms with Crippen molar-refractivity contribution in [2.75, 3.05) is 13.1 Å². The molecule has 2 heteroatoms. The summed E-state index contributed by atoms with van der Waals surface area (Å²) in [4.78, 5) is 6.73. The first-order valence-corrected chi connectivity index (χ1v) is 6.07. The Bertz CT molecular complexity index is 311. The van der Waals surface area contributed by atoms with E-state index in [-0.39, 0.29) is 0 Å². The van der Waals surface area contributed by atoms with Crippen LogP contribution in [0.15, 0.2) is 24.5 Å². The van der Waals surface area contributed by atoms with Crippen molar-refractivity contribution in [2.24, 2.45) is 0 Å². The molecule has 0 aromatic carbocycles. The summed E-state index contributed by atoms with van der Waals surface area (Å²) >= 11 is 0. The molecule has 0 radical (unpaired) electrons. The fourth-order valence-electron chi connectivity index (χ4n) is 2.93. The molecule has 15 heavy (non-hydrogen) atoms. The average molecular weight is 202 g/mol. The van der Waals surface area contributed by atoms with Crippen LogP contribution < -0.4 is 0 Å². The molecule has 80 valence electrons. The van der Waals surface area contributed by atoms with E-state index in [0.717, 1.165) is 12.0 Å². The van der Waals surface area contributed by atoms with Crippen LogP contribution >= 0.6 is 0 Å². The lowest BCUT2D eigenvalue weighted by atomic mass is 9.90. The summed E-state index contributed by atoms with van der Waals surface area (Å²) in [5.41, 5.74) is 1.47. The summed E-state index contributed by atoms with van der Waals surface area (Å²) in [6.07, 6.45) is 9.58. The predicted molar refractivity (Wildman–Crippen MR) is 60.8 cm³/mol. The Morgan fingerprint density at radius 3 is 2.40 bits per heavy atom. The molecular formula is C13H18N2. The van der Waals surface area contributed by atoms with Crippen molar-refractivity contribution in [1.82, 2.24) is 9.88 Å². The van der Waals surface area contributed by atoms with Gasteiger partial charge in [0.2, 0.25) is 0 Å². The zero-order valence-corrected chi connectivity index (χ0v) is 9.10. The van der Waals surface area contributed by atoms with E-state index >= 15 is 0 Å². The van der Waals surface area contributed by atoms with E-state index in [9.17, 15) is 0 Å². The molecule has 1 aromatic rings. The summed E-state index contributed by atoms with van der Waals surface area (Å²) in [6, 6.07) is 5.23. The van der Waals surface area contributed by atoms with Gasteiger partial charge in [0, 0.05) is 37.4 Å². The minimum absolute atomic E-state index is 0.772. The van der Waals surface area contributed by atoms with E-state index in [2.05, 4.69) is 22.0 Å². The minimum atomic E-state index is 0.772. The molecule has 0 bridgehead atoms. The Morgan fingerprint density at radius 1 is 1.07 bits per heavy atom. The van der Waals surface area contributed by atoms with Crippen molar-refractivity contribution in [3.8, 4) is 0 Å². The van der Waals surface area contributed by atoms with Crippen LogP contribution in [-0.4, -0.2) is 29.0 Å². The number of hydrogen-bond acceptors (Lipinski definition) is 2. The van der Waals surface area contributed by atoms with Crippen LogP contribution in [0.3, 0.4) is 0 Å². The Balaban J connectivity index is 1.57. The van der Waals surface area contributed by atoms with E-state index in [4.69, 9.17) is 0 Å². The highest BCUT2D eigenvalue weighted by Crippen LogP contribution is 2.33. The number of nitrogens with zero attached hydrogens (tertiary/aromatic N) is 2. The normalized spacial score (nSPS) is 24.3. The quantitative estimate of drug-likeness (QED) is 0.732. The maximum atomic E-state index is 4.07. The molecular weight excluding hydrogens is 184 g/mol. The van der Waals surface area contributed by atoms with E-state index in [1.807, 2.05) is 12.4 Å². The van der Waals surface area contributed by atoms with Crippen LogP contribution in [0.2, 0.25) is 0 Å². The molecule has 2 fully saturated rings. The minimum Gasteiger partial charge on any atom is -0.299 e. The van der Waals surface area contributed by atoms with Crippen molar-refractivity contribution in [3.63, 3.8) is 0 Å². The van der Waals surface area contributed by atoms with Gasteiger partial charge in [-0.1, -0.05) is 12.8 Å². The second-order valence-electron chi connectivity index (χ2n) is 4.87. The maximum absolute atomic E-state index is 4.07. The predicted octanol–water partition coefficient (Wildman–Crippen LogP) is 2.42. The molecule has 3 rings (SSSR count). The van der Waals surface area contributed by atoms with Crippen molar-refractivity contribution < 1.29 is 0 Å². The molecule has 1 saturated heterocycles. The standard InChI is InChI=1S/C13H18N2/c1-2-4-13(3-1)15-9-12(10-15)11-5-7-14-8-6-11/h5-8,12-13H,1-4,9-10H2. The van der Waals surface area contributed by atoms with E-state index < -0.39 is 0 Å². The Labute approximate surface area is 91.3 Å². The summed E-state index contributed by atoms with van der Waals surface area (Å²) < 4.78 is 0. The molecule has 1 aliphatic carbocycles. The monoisotopic (exact) mass is 202 g/mol. The summed E-state index contributed by atoms with van der Waals surface area (Å²) in [7, 11) is 0.